The molecule has 1 heterocycles. The number of nitrogens with zero attached hydrogens (tertiary/aromatic N) is 3. The van der Waals surface area contributed by atoms with Crippen molar-refractivity contribution in [3.8, 4) is 5.69 Å². The highest BCUT2D eigenvalue weighted by Gasteiger charge is 2.19. The summed E-state index contributed by atoms with van der Waals surface area (Å²) in [7, 11) is 4.01. The highest BCUT2D eigenvalue weighted by Crippen LogP contribution is 2.15. The molecule has 0 atom stereocenters. The summed E-state index contributed by atoms with van der Waals surface area (Å²) in [6.45, 7) is 3.32. The van der Waals surface area contributed by atoms with Crippen LogP contribution in [0.25, 0.3) is 5.69 Å². The molecule has 1 aromatic heterocycles. The first kappa shape index (κ1) is 19.1. The Hall–Kier alpha value is -2.63. The van der Waals surface area contributed by atoms with Gasteiger partial charge in [0.05, 0.1) is 23.5 Å². The third-order valence-corrected chi connectivity index (χ3v) is 4.51. The molecule has 0 aliphatic heterocycles. The Bertz CT molecular complexity index is 985. The Morgan fingerprint density at radius 1 is 1.11 bits per heavy atom. The number of aromatic amines is 1. The molecule has 0 bridgehead atoms. The second-order valence-corrected chi connectivity index (χ2v) is 7.06. The Morgan fingerprint density at radius 2 is 1.78 bits per heavy atom. The summed E-state index contributed by atoms with van der Waals surface area (Å²) in [5.41, 5.74) is 3.63. The molecule has 140 valence electrons. The van der Waals surface area contributed by atoms with Crippen molar-refractivity contribution in [3.05, 3.63) is 86.8 Å². The number of rotatable bonds is 6. The van der Waals surface area contributed by atoms with Crippen molar-refractivity contribution < 1.29 is 0 Å². The summed E-state index contributed by atoms with van der Waals surface area (Å²) in [6, 6.07) is 17.0. The largest absolute Gasteiger partial charge is 0.308 e. The average molecular weight is 383 g/mol. The number of hydrogen-bond donors (Lipinski definition) is 1. The minimum atomic E-state index is -0.123. The van der Waals surface area contributed by atoms with E-state index in [-0.39, 0.29) is 5.56 Å². The van der Waals surface area contributed by atoms with Crippen LogP contribution in [0.5, 0.6) is 0 Å². The van der Waals surface area contributed by atoms with Crippen LogP contribution in [0.1, 0.15) is 16.8 Å². The lowest BCUT2D eigenvalue weighted by Crippen LogP contribution is -2.22. The van der Waals surface area contributed by atoms with Crippen molar-refractivity contribution in [3.63, 3.8) is 0 Å². The molecule has 27 heavy (non-hydrogen) atoms. The molecule has 0 aliphatic carbocycles. The smallest absolute Gasteiger partial charge is 0.280 e. The van der Waals surface area contributed by atoms with Gasteiger partial charge in [-0.2, -0.15) is 0 Å². The van der Waals surface area contributed by atoms with Crippen LogP contribution in [0.2, 0.25) is 5.02 Å². The van der Waals surface area contributed by atoms with Crippen LogP contribution in [0.3, 0.4) is 0 Å². The molecular weight excluding hydrogens is 360 g/mol. The molecule has 6 heteroatoms. The molecule has 0 spiro atoms. The van der Waals surface area contributed by atoms with Gasteiger partial charge >= 0.3 is 0 Å². The Labute approximate surface area is 163 Å². The predicted octanol–water partition coefficient (Wildman–Crippen LogP) is 3.53. The van der Waals surface area contributed by atoms with E-state index in [1.807, 2.05) is 63.5 Å². The van der Waals surface area contributed by atoms with Crippen LogP contribution in [-0.4, -0.2) is 47.6 Å². The molecule has 2 aromatic carbocycles. The van der Waals surface area contributed by atoms with E-state index in [0.29, 0.717) is 22.8 Å². The van der Waals surface area contributed by atoms with Crippen molar-refractivity contribution in [2.75, 3.05) is 27.2 Å². The van der Waals surface area contributed by atoms with Gasteiger partial charge in [-0.25, -0.2) is 4.68 Å². The SMILES string of the molecule is Cc1[nH]n(-c2ccc(Cl)cc2)c(=O)c1C(=NCCN(C)C)c1ccccc1. The number of aryl methyl sites for hydroxylation is 1. The third kappa shape index (κ3) is 4.38. The van der Waals surface area contributed by atoms with E-state index < -0.39 is 0 Å². The van der Waals surface area contributed by atoms with E-state index in [9.17, 15) is 4.79 Å². The van der Waals surface area contributed by atoms with E-state index in [1.165, 1.54) is 4.68 Å². The third-order valence-electron chi connectivity index (χ3n) is 4.26. The molecule has 0 unspecified atom stereocenters. The molecule has 3 rings (SSSR count). The number of benzene rings is 2. The lowest BCUT2D eigenvalue weighted by atomic mass is 10.0. The highest BCUT2D eigenvalue weighted by atomic mass is 35.5. The molecular formula is C21H23ClN4O. The second kappa shape index (κ2) is 8.37. The summed E-state index contributed by atoms with van der Waals surface area (Å²) in [6.07, 6.45) is 0. The molecule has 0 saturated carbocycles. The molecule has 0 fully saturated rings. The van der Waals surface area contributed by atoms with Crippen LogP contribution < -0.4 is 5.56 Å². The van der Waals surface area contributed by atoms with E-state index in [2.05, 4.69) is 10.00 Å². The molecule has 5 nitrogen and oxygen atoms in total. The fourth-order valence-corrected chi connectivity index (χ4v) is 3.00. The van der Waals surface area contributed by atoms with Gasteiger partial charge in [-0.1, -0.05) is 41.9 Å². The lowest BCUT2D eigenvalue weighted by Gasteiger charge is -2.09. The van der Waals surface area contributed by atoms with Gasteiger partial charge in [0.15, 0.2) is 0 Å². The Kier molecular flexibility index (Phi) is 5.94. The maximum absolute atomic E-state index is 13.2. The van der Waals surface area contributed by atoms with Crippen molar-refractivity contribution in [1.82, 2.24) is 14.7 Å². The van der Waals surface area contributed by atoms with Gasteiger partial charge in [-0.15, -0.1) is 0 Å². The summed E-state index contributed by atoms with van der Waals surface area (Å²) < 4.78 is 1.53. The first-order chi connectivity index (χ1) is 13.0. The van der Waals surface area contributed by atoms with Gasteiger partial charge in [0.1, 0.15) is 0 Å². The minimum Gasteiger partial charge on any atom is -0.308 e. The van der Waals surface area contributed by atoms with E-state index in [4.69, 9.17) is 16.6 Å². The van der Waals surface area contributed by atoms with Gasteiger partial charge in [-0.05, 0) is 45.3 Å². The van der Waals surface area contributed by atoms with E-state index in [0.717, 1.165) is 23.5 Å². The van der Waals surface area contributed by atoms with Crippen molar-refractivity contribution in [2.24, 2.45) is 4.99 Å². The van der Waals surface area contributed by atoms with E-state index in [1.54, 1.807) is 12.1 Å². The van der Waals surface area contributed by atoms with Crippen LogP contribution in [-0.2, 0) is 0 Å². The number of nitrogens with one attached hydrogen (secondary N) is 1. The quantitative estimate of drug-likeness (QED) is 0.663. The van der Waals surface area contributed by atoms with Crippen molar-refractivity contribution in [1.29, 1.82) is 0 Å². The molecule has 1 N–H and O–H groups in total. The summed E-state index contributed by atoms with van der Waals surface area (Å²) in [4.78, 5) is 20.0. The topological polar surface area (TPSA) is 53.4 Å². The van der Waals surface area contributed by atoms with Gasteiger partial charge in [0.25, 0.3) is 5.56 Å². The summed E-state index contributed by atoms with van der Waals surface area (Å²) >= 11 is 5.97. The maximum atomic E-state index is 13.2. The number of aliphatic imine (C=N–C) groups is 1. The fraction of sp³-hybridized carbons (Fsp3) is 0.238. The van der Waals surface area contributed by atoms with Crippen LogP contribution >= 0.6 is 11.6 Å². The fourth-order valence-electron chi connectivity index (χ4n) is 2.87. The predicted molar refractivity (Wildman–Crippen MR) is 112 cm³/mol. The molecule has 0 radical (unpaired) electrons. The Balaban J connectivity index is 2.10. The van der Waals surface area contributed by atoms with Gasteiger partial charge in [-0.3, -0.25) is 14.9 Å². The number of halogens is 1. The lowest BCUT2D eigenvalue weighted by molar-refractivity contribution is 0.420. The van der Waals surface area contributed by atoms with Gasteiger partial charge < -0.3 is 4.90 Å². The number of hydrogen-bond acceptors (Lipinski definition) is 3. The summed E-state index contributed by atoms with van der Waals surface area (Å²) in [5, 5.41) is 3.80. The molecule has 0 aliphatic rings. The van der Waals surface area contributed by atoms with E-state index >= 15 is 0 Å². The minimum absolute atomic E-state index is 0.123. The molecule has 0 amide bonds. The first-order valence-corrected chi connectivity index (χ1v) is 9.17. The first-order valence-electron chi connectivity index (χ1n) is 8.80. The molecule has 0 saturated heterocycles. The average Bonchev–Trinajstić information content (AvgIpc) is 2.94. The second-order valence-electron chi connectivity index (χ2n) is 6.63. The van der Waals surface area contributed by atoms with Gasteiger partial charge in [0, 0.05) is 22.8 Å². The highest BCUT2D eigenvalue weighted by molar-refractivity contribution is 6.30. The zero-order chi connectivity index (χ0) is 19.4. The zero-order valence-electron chi connectivity index (χ0n) is 15.7. The zero-order valence-corrected chi connectivity index (χ0v) is 16.5. The van der Waals surface area contributed by atoms with Gasteiger partial charge in [0.2, 0.25) is 0 Å². The standard InChI is InChI=1S/C21H23ClN4O/c1-15-19(21(27)26(24-15)18-11-9-17(22)10-12-18)20(23-13-14-25(2)3)16-7-5-4-6-8-16/h4-12,24H,13-14H2,1-3H3. The monoisotopic (exact) mass is 382 g/mol. The van der Waals surface area contributed by atoms with Crippen LogP contribution in [0.4, 0.5) is 0 Å². The van der Waals surface area contributed by atoms with Crippen LogP contribution in [0, 0.1) is 6.92 Å². The molecule has 3 aromatic rings. The Morgan fingerprint density at radius 3 is 2.41 bits per heavy atom. The number of aromatic nitrogens is 2. The number of H-pyrrole nitrogens is 1. The summed E-state index contributed by atoms with van der Waals surface area (Å²) in [5.74, 6) is 0. The van der Waals surface area contributed by atoms with Crippen molar-refractivity contribution >= 4 is 17.3 Å². The van der Waals surface area contributed by atoms with Crippen LogP contribution in [0.15, 0.2) is 64.4 Å². The van der Waals surface area contributed by atoms with Crippen molar-refractivity contribution in [2.45, 2.75) is 6.92 Å². The normalized spacial score (nSPS) is 12.0. The maximum Gasteiger partial charge on any atom is 0.280 e. The number of likely N-dealkylation sites (N-methyl/N-ethyl adjacent to an activating group) is 1.